The van der Waals surface area contributed by atoms with Gasteiger partial charge in [0.2, 0.25) is 11.7 Å². The summed E-state index contributed by atoms with van der Waals surface area (Å²) in [5.74, 6) is -1.08. The van der Waals surface area contributed by atoms with Gasteiger partial charge >= 0.3 is 5.69 Å². The lowest BCUT2D eigenvalue weighted by molar-refractivity contribution is -0.387. The van der Waals surface area contributed by atoms with E-state index in [1.54, 1.807) is 0 Å². The Morgan fingerprint density at radius 2 is 2.29 bits per heavy atom. The number of hydrogen-bond acceptors (Lipinski definition) is 3. The second-order valence-corrected chi connectivity index (χ2v) is 3.28. The van der Waals surface area contributed by atoms with Crippen molar-refractivity contribution in [2.24, 2.45) is 0 Å². The second-order valence-electron chi connectivity index (χ2n) is 3.28. The minimum absolute atomic E-state index is 0.115. The van der Waals surface area contributed by atoms with Gasteiger partial charge in [0.15, 0.2) is 0 Å². The molecular weight excluding hydrogens is 227 g/mol. The number of rotatable bonds is 4. The Morgan fingerprint density at radius 1 is 1.59 bits per heavy atom. The van der Waals surface area contributed by atoms with Crippen LogP contribution in [-0.4, -0.2) is 17.4 Å². The van der Waals surface area contributed by atoms with E-state index in [0.717, 1.165) is 6.07 Å². The first-order chi connectivity index (χ1) is 8.02. The van der Waals surface area contributed by atoms with Crippen LogP contribution in [0.4, 0.5) is 10.1 Å². The SMILES string of the molecule is CC(=O)NCC=Cc1cccc([N+](=O)[O-])c1F. The van der Waals surface area contributed by atoms with E-state index in [9.17, 15) is 19.3 Å². The lowest BCUT2D eigenvalue weighted by Gasteiger charge is -1.98. The van der Waals surface area contributed by atoms with E-state index < -0.39 is 16.4 Å². The smallest absolute Gasteiger partial charge is 0.305 e. The molecule has 90 valence electrons. The number of nitrogens with one attached hydrogen (secondary N) is 1. The zero-order valence-corrected chi connectivity index (χ0v) is 9.14. The summed E-state index contributed by atoms with van der Waals surface area (Å²) < 4.78 is 13.5. The predicted octanol–water partition coefficient (Wildman–Crippen LogP) is 1.88. The Labute approximate surface area is 97.1 Å². The van der Waals surface area contributed by atoms with Crippen molar-refractivity contribution < 1.29 is 14.1 Å². The second kappa shape index (κ2) is 5.74. The molecule has 1 amide bonds. The van der Waals surface area contributed by atoms with Crippen LogP contribution in [0.1, 0.15) is 12.5 Å². The monoisotopic (exact) mass is 238 g/mol. The van der Waals surface area contributed by atoms with Crippen LogP contribution in [0.2, 0.25) is 0 Å². The number of nitro benzene ring substituents is 1. The van der Waals surface area contributed by atoms with Gasteiger partial charge in [-0.05, 0) is 0 Å². The van der Waals surface area contributed by atoms with Gasteiger partial charge in [-0.25, -0.2) is 0 Å². The van der Waals surface area contributed by atoms with Crippen molar-refractivity contribution in [1.29, 1.82) is 0 Å². The Morgan fingerprint density at radius 3 is 2.88 bits per heavy atom. The summed E-state index contributed by atoms with van der Waals surface area (Å²) in [6.07, 6.45) is 2.90. The van der Waals surface area contributed by atoms with E-state index in [1.165, 1.54) is 31.2 Å². The molecular formula is C11H11FN2O3. The molecule has 0 bridgehead atoms. The Balaban J connectivity index is 2.81. The first kappa shape index (κ1) is 12.8. The number of benzene rings is 1. The van der Waals surface area contributed by atoms with E-state index in [2.05, 4.69) is 5.32 Å². The van der Waals surface area contributed by atoms with E-state index in [0.29, 0.717) is 0 Å². The standard InChI is InChI=1S/C11H11FN2O3/c1-8(15)13-7-3-5-9-4-2-6-10(11(9)12)14(16)17/h2-6H,7H2,1H3,(H,13,15). The minimum atomic E-state index is -0.878. The van der Waals surface area contributed by atoms with Crippen molar-refractivity contribution in [2.75, 3.05) is 6.54 Å². The van der Waals surface area contributed by atoms with Crippen LogP contribution in [0.5, 0.6) is 0 Å². The van der Waals surface area contributed by atoms with Gasteiger partial charge in [-0.3, -0.25) is 14.9 Å². The van der Waals surface area contributed by atoms with E-state index in [-0.39, 0.29) is 18.0 Å². The van der Waals surface area contributed by atoms with Gasteiger partial charge in [-0.1, -0.05) is 24.3 Å². The van der Waals surface area contributed by atoms with Crippen LogP contribution >= 0.6 is 0 Å². The summed E-state index contributed by atoms with van der Waals surface area (Å²) in [4.78, 5) is 20.3. The van der Waals surface area contributed by atoms with E-state index in [1.807, 2.05) is 0 Å². The van der Waals surface area contributed by atoms with E-state index >= 15 is 0 Å². The molecule has 0 fully saturated rings. The molecule has 0 aromatic heterocycles. The largest absolute Gasteiger partial charge is 0.353 e. The minimum Gasteiger partial charge on any atom is -0.353 e. The molecule has 0 aliphatic rings. The summed E-state index contributed by atoms with van der Waals surface area (Å²) in [5, 5.41) is 13.0. The molecule has 6 heteroatoms. The maximum absolute atomic E-state index is 13.5. The maximum atomic E-state index is 13.5. The quantitative estimate of drug-likeness (QED) is 0.643. The summed E-state index contributed by atoms with van der Waals surface area (Å²) in [6.45, 7) is 1.61. The summed E-state index contributed by atoms with van der Waals surface area (Å²) >= 11 is 0. The fourth-order valence-electron chi connectivity index (χ4n) is 1.20. The zero-order valence-electron chi connectivity index (χ0n) is 9.14. The molecule has 0 radical (unpaired) electrons. The molecule has 5 nitrogen and oxygen atoms in total. The van der Waals surface area contributed by atoms with Gasteiger partial charge in [0.05, 0.1) is 4.92 Å². The molecule has 0 aliphatic carbocycles. The fraction of sp³-hybridized carbons (Fsp3) is 0.182. The number of hydrogen-bond donors (Lipinski definition) is 1. The molecule has 0 atom stereocenters. The van der Waals surface area contributed by atoms with Gasteiger partial charge < -0.3 is 5.32 Å². The molecule has 0 saturated carbocycles. The van der Waals surface area contributed by atoms with Crippen molar-refractivity contribution in [3.8, 4) is 0 Å². The molecule has 0 aliphatic heterocycles. The number of nitro groups is 1. The average molecular weight is 238 g/mol. The molecule has 0 unspecified atom stereocenters. The molecule has 1 aromatic rings. The molecule has 17 heavy (non-hydrogen) atoms. The molecule has 0 spiro atoms. The van der Waals surface area contributed by atoms with Crippen LogP contribution in [0.3, 0.4) is 0 Å². The number of carbonyl (C=O) groups excluding carboxylic acids is 1. The van der Waals surface area contributed by atoms with E-state index in [4.69, 9.17) is 0 Å². The fourth-order valence-corrected chi connectivity index (χ4v) is 1.20. The third-order valence-corrected chi connectivity index (χ3v) is 1.97. The van der Waals surface area contributed by atoms with Gasteiger partial charge in [0.25, 0.3) is 0 Å². The maximum Gasteiger partial charge on any atom is 0.305 e. The molecule has 0 heterocycles. The van der Waals surface area contributed by atoms with Crippen molar-refractivity contribution in [2.45, 2.75) is 6.92 Å². The van der Waals surface area contributed by atoms with Gasteiger partial charge in [0, 0.05) is 25.1 Å². The number of carbonyl (C=O) groups is 1. The van der Waals surface area contributed by atoms with Crippen LogP contribution in [-0.2, 0) is 4.79 Å². The summed E-state index contributed by atoms with van der Waals surface area (Å²) in [6, 6.07) is 3.92. The summed E-state index contributed by atoms with van der Waals surface area (Å²) in [7, 11) is 0. The zero-order chi connectivity index (χ0) is 12.8. The van der Waals surface area contributed by atoms with Crippen LogP contribution in [0, 0.1) is 15.9 Å². The van der Waals surface area contributed by atoms with Crippen LogP contribution < -0.4 is 5.32 Å². The Hall–Kier alpha value is -2.24. The van der Waals surface area contributed by atoms with Crippen LogP contribution in [0.25, 0.3) is 6.08 Å². The lowest BCUT2D eigenvalue weighted by atomic mass is 10.1. The van der Waals surface area contributed by atoms with Crippen molar-refractivity contribution in [3.05, 3.63) is 45.8 Å². The normalized spacial score (nSPS) is 10.5. The van der Waals surface area contributed by atoms with Crippen molar-refractivity contribution in [3.63, 3.8) is 0 Å². The third kappa shape index (κ3) is 3.67. The van der Waals surface area contributed by atoms with Gasteiger partial charge in [0.1, 0.15) is 0 Å². The third-order valence-electron chi connectivity index (χ3n) is 1.97. The molecule has 1 N–H and O–H groups in total. The highest BCUT2D eigenvalue weighted by Gasteiger charge is 2.15. The molecule has 1 aromatic carbocycles. The highest BCUT2D eigenvalue weighted by molar-refractivity contribution is 5.73. The number of amides is 1. The Bertz CT molecular complexity index is 472. The van der Waals surface area contributed by atoms with Crippen molar-refractivity contribution in [1.82, 2.24) is 5.32 Å². The molecule has 1 rings (SSSR count). The molecule has 0 saturated heterocycles. The first-order valence-electron chi connectivity index (χ1n) is 4.86. The predicted molar refractivity (Wildman–Crippen MR) is 60.8 cm³/mol. The van der Waals surface area contributed by atoms with Crippen molar-refractivity contribution >= 4 is 17.7 Å². The number of halogens is 1. The lowest BCUT2D eigenvalue weighted by Crippen LogP contribution is -2.19. The van der Waals surface area contributed by atoms with Gasteiger partial charge in [-0.15, -0.1) is 0 Å². The average Bonchev–Trinajstić information content (AvgIpc) is 2.25. The van der Waals surface area contributed by atoms with Crippen LogP contribution in [0.15, 0.2) is 24.3 Å². The highest BCUT2D eigenvalue weighted by Crippen LogP contribution is 2.20. The number of nitrogens with zero attached hydrogens (tertiary/aromatic N) is 1. The summed E-state index contributed by atoms with van der Waals surface area (Å²) in [5.41, 5.74) is -0.448. The first-order valence-corrected chi connectivity index (χ1v) is 4.86. The Kier molecular flexibility index (Phi) is 4.33. The highest BCUT2D eigenvalue weighted by atomic mass is 19.1. The van der Waals surface area contributed by atoms with Gasteiger partial charge in [-0.2, -0.15) is 4.39 Å². The topological polar surface area (TPSA) is 72.2 Å².